The molecule has 0 amide bonds. The maximum Gasteiger partial charge on any atom is 0.327 e. The van der Waals surface area contributed by atoms with Crippen LogP contribution in [0.15, 0.2) is 12.2 Å². The van der Waals surface area contributed by atoms with Crippen LogP contribution >= 0.6 is 0 Å². The van der Waals surface area contributed by atoms with E-state index in [0.29, 0.717) is 25.9 Å². The van der Waals surface area contributed by atoms with Gasteiger partial charge in [0.25, 0.3) is 0 Å². The number of aliphatic carboxylic acids is 1. The topological polar surface area (TPSA) is 63.6 Å². The van der Waals surface area contributed by atoms with Gasteiger partial charge in [-0.3, -0.25) is 4.79 Å². The van der Waals surface area contributed by atoms with Crippen molar-refractivity contribution >= 4 is 11.9 Å². The molecule has 0 aliphatic heterocycles. The maximum atomic E-state index is 10.8. The van der Waals surface area contributed by atoms with Crippen LogP contribution in [0.4, 0.5) is 0 Å². The lowest BCUT2D eigenvalue weighted by Gasteiger charge is -2.01. The molecule has 1 N–H and O–H groups in total. The van der Waals surface area contributed by atoms with Crippen molar-refractivity contribution in [1.82, 2.24) is 0 Å². The zero-order chi connectivity index (χ0) is 10.8. The van der Waals surface area contributed by atoms with Gasteiger partial charge in [-0.15, -0.1) is 0 Å². The lowest BCUT2D eigenvalue weighted by Crippen LogP contribution is -2.04. The highest BCUT2D eigenvalue weighted by atomic mass is 16.5. The largest absolute Gasteiger partial charge is 0.478 e. The quantitative estimate of drug-likeness (QED) is 0.386. The number of unbranched alkanes of at least 4 members (excludes halogenated alkanes) is 1. The minimum absolute atomic E-state index is 0.185. The van der Waals surface area contributed by atoms with E-state index in [0.717, 1.165) is 12.5 Å². The van der Waals surface area contributed by atoms with Crippen LogP contribution in [0.2, 0.25) is 0 Å². The molecule has 0 unspecified atom stereocenters. The number of rotatable bonds is 7. The van der Waals surface area contributed by atoms with Crippen molar-refractivity contribution in [3.05, 3.63) is 12.2 Å². The monoisotopic (exact) mass is 200 g/mol. The number of carboxylic acid groups (broad SMARTS) is 1. The molecule has 0 radical (unpaired) electrons. The Bertz CT molecular complexity index is 208. The van der Waals surface area contributed by atoms with Crippen LogP contribution in [0.25, 0.3) is 0 Å². The van der Waals surface area contributed by atoms with Crippen LogP contribution in [0.5, 0.6) is 0 Å². The van der Waals surface area contributed by atoms with Gasteiger partial charge in [0, 0.05) is 12.5 Å². The summed E-state index contributed by atoms with van der Waals surface area (Å²) in [6.45, 7) is 2.28. The summed E-state index contributed by atoms with van der Waals surface area (Å²) in [4.78, 5) is 20.9. The fourth-order valence-electron chi connectivity index (χ4n) is 0.848. The van der Waals surface area contributed by atoms with Gasteiger partial charge < -0.3 is 9.84 Å². The zero-order valence-corrected chi connectivity index (χ0v) is 8.36. The number of hydrogen-bond acceptors (Lipinski definition) is 3. The summed E-state index contributed by atoms with van der Waals surface area (Å²) < 4.78 is 4.87. The van der Waals surface area contributed by atoms with Crippen LogP contribution in [0.1, 0.15) is 32.6 Å². The Balaban J connectivity index is 3.29. The van der Waals surface area contributed by atoms with E-state index in [4.69, 9.17) is 9.84 Å². The molecule has 0 aromatic rings. The average molecular weight is 200 g/mol. The van der Waals surface area contributed by atoms with Gasteiger partial charge in [0.2, 0.25) is 0 Å². The number of carboxylic acids is 1. The van der Waals surface area contributed by atoms with Crippen LogP contribution < -0.4 is 0 Å². The summed E-state index contributed by atoms with van der Waals surface area (Å²) in [7, 11) is 0. The second-order valence-electron chi connectivity index (χ2n) is 2.85. The number of esters is 1. The first-order chi connectivity index (χ1) is 6.66. The van der Waals surface area contributed by atoms with Gasteiger partial charge in [-0.1, -0.05) is 13.0 Å². The summed E-state index contributed by atoms with van der Waals surface area (Å²) in [5.74, 6) is -1.14. The molecule has 0 saturated carbocycles. The third-order valence-corrected chi connectivity index (χ3v) is 1.49. The van der Waals surface area contributed by atoms with Crippen molar-refractivity contribution in [3.8, 4) is 0 Å². The molecule has 0 aromatic carbocycles. The molecule has 0 aromatic heterocycles. The van der Waals surface area contributed by atoms with Crippen molar-refractivity contribution in [2.45, 2.75) is 32.6 Å². The van der Waals surface area contributed by atoms with Gasteiger partial charge in [0.05, 0.1) is 6.61 Å². The molecule has 0 atom stereocenters. The molecular formula is C10H16O4. The van der Waals surface area contributed by atoms with E-state index in [1.807, 2.05) is 6.92 Å². The second kappa shape index (κ2) is 8.29. The molecular weight excluding hydrogens is 184 g/mol. The van der Waals surface area contributed by atoms with Crippen molar-refractivity contribution in [1.29, 1.82) is 0 Å². The zero-order valence-electron chi connectivity index (χ0n) is 8.36. The normalized spacial score (nSPS) is 10.4. The highest BCUT2D eigenvalue weighted by molar-refractivity contribution is 5.79. The van der Waals surface area contributed by atoms with E-state index >= 15 is 0 Å². The molecule has 0 heterocycles. The van der Waals surface area contributed by atoms with Crippen molar-refractivity contribution < 1.29 is 19.4 Å². The van der Waals surface area contributed by atoms with Crippen LogP contribution in [0, 0.1) is 0 Å². The lowest BCUT2D eigenvalue weighted by atomic mass is 10.3. The third kappa shape index (κ3) is 8.77. The smallest absolute Gasteiger partial charge is 0.327 e. The maximum absolute atomic E-state index is 10.8. The molecule has 0 spiro atoms. The van der Waals surface area contributed by atoms with Crippen LogP contribution in [-0.2, 0) is 14.3 Å². The Morgan fingerprint density at radius 3 is 2.71 bits per heavy atom. The van der Waals surface area contributed by atoms with Gasteiger partial charge in [0.15, 0.2) is 0 Å². The van der Waals surface area contributed by atoms with Crippen molar-refractivity contribution in [2.24, 2.45) is 0 Å². The summed E-state index contributed by atoms with van der Waals surface area (Å²) >= 11 is 0. The number of carbonyl (C=O) groups excluding carboxylic acids is 1. The first-order valence-corrected chi connectivity index (χ1v) is 4.72. The van der Waals surface area contributed by atoms with E-state index < -0.39 is 5.97 Å². The second-order valence-corrected chi connectivity index (χ2v) is 2.85. The fourth-order valence-corrected chi connectivity index (χ4v) is 0.848. The van der Waals surface area contributed by atoms with E-state index in [9.17, 15) is 9.59 Å². The summed E-state index contributed by atoms with van der Waals surface area (Å²) in [5, 5.41) is 8.26. The lowest BCUT2D eigenvalue weighted by molar-refractivity contribution is -0.143. The van der Waals surface area contributed by atoms with E-state index in [1.54, 1.807) is 6.08 Å². The molecule has 14 heavy (non-hydrogen) atoms. The minimum Gasteiger partial charge on any atom is -0.478 e. The molecule has 4 nitrogen and oxygen atoms in total. The molecule has 0 aliphatic carbocycles. The predicted octanol–water partition coefficient (Wildman–Crippen LogP) is 1.75. The third-order valence-electron chi connectivity index (χ3n) is 1.49. The highest BCUT2D eigenvalue weighted by Gasteiger charge is 1.98. The number of allylic oxidation sites excluding steroid dienone is 1. The van der Waals surface area contributed by atoms with Crippen LogP contribution in [0.3, 0.4) is 0 Å². The van der Waals surface area contributed by atoms with Gasteiger partial charge in [-0.25, -0.2) is 4.79 Å². The van der Waals surface area contributed by atoms with Gasteiger partial charge in [-0.05, 0) is 19.3 Å². The Hall–Kier alpha value is -1.32. The summed E-state index contributed by atoms with van der Waals surface area (Å²) in [6.07, 6.45) is 5.16. The minimum atomic E-state index is -0.951. The molecule has 0 bridgehead atoms. The Morgan fingerprint density at radius 2 is 2.14 bits per heavy atom. The highest BCUT2D eigenvalue weighted by Crippen LogP contribution is 1.96. The number of ether oxygens (including phenoxy) is 1. The van der Waals surface area contributed by atoms with Crippen molar-refractivity contribution in [3.63, 3.8) is 0 Å². The fraction of sp³-hybridized carbons (Fsp3) is 0.600. The first kappa shape index (κ1) is 12.7. The standard InChI is InChI=1S/C10H16O4/c1-2-6-10(13)14-8-5-3-4-7-9(11)12/h4,7H,2-3,5-6,8H2,1H3,(H,11,12). The average Bonchev–Trinajstić information content (AvgIpc) is 2.11. The molecule has 80 valence electrons. The van der Waals surface area contributed by atoms with Gasteiger partial charge in [0.1, 0.15) is 0 Å². The SMILES string of the molecule is CCCC(=O)OCCCC=CC(=O)O. The predicted molar refractivity (Wildman–Crippen MR) is 51.9 cm³/mol. The summed E-state index contributed by atoms with van der Waals surface area (Å²) in [6, 6.07) is 0. The van der Waals surface area contributed by atoms with Gasteiger partial charge >= 0.3 is 11.9 Å². The Labute approximate surface area is 83.6 Å². The Kier molecular flexibility index (Phi) is 7.50. The molecule has 0 aliphatic rings. The van der Waals surface area contributed by atoms with E-state index in [2.05, 4.69) is 0 Å². The molecule has 0 fully saturated rings. The van der Waals surface area contributed by atoms with Gasteiger partial charge in [-0.2, -0.15) is 0 Å². The van der Waals surface area contributed by atoms with Crippen LogP contribution in [-0.4, -0.2) is 23.7 Å². The molecule has 4 heteroatoms. The first-order valence-electron chi connectivity index (χ1n) is 4.72. The Morgan fingerprint density at radius 1 is 1.43 bits per heavy atom. The molecule has 0 saturated heterocycles. The number of carbonyl (C=O) groups is 2. The summed E-state index contributed by atoms with van der Waals surface area (Å²) in [5.41, 5.74) is 0. The number of hydrogen-bond donors (Lipinski definition) is 1. The molecule has 0 rings (SSSR count). The van der Waals surface area contributed by atoms with Crippen molar-refractivity contribution in [2.75, 3.05) is 6.61 Å². The van der Waals surface area contributed by atoms with E-state index in [1.165, 1.54) is 0 Å². The van der Waals surface area contributed by atoms with E-state index in [-0.39, 0.29) is 5.97 Å².